The number of hydrogen-bond acceptors (Lipinski definition) is 11. The Morgan fingerprint density at radius 1 is 1.10 bits per heavy atom. The van der Waals surface area contributed by atoms with Crippen LogP contribution in [0.15, 0.2) is 79.2 Å². The van der Waals surface area contributed by atoms with Crippen molar-refractivity contribution in [2.24, 2.45) is 4.99 Å². The lowest BCUT2D eigenvalue weighted by Gasteiger charge is -2.09. The minimum atomic E-state index is -0.377. The predicted octanol–water partition coefficient (Wildman–Crippen LogP) is 7.10. The first-order chi connectivity index (χ1) is 20.0. The number of ether oxygens (including phenoxy) is 1. The molecule has 0 spiro atoms. The van der Waals surface area contributed by atoms with Crippen LogP contribution in [-0.4, -0.2) is 52.0 Å². The van der Waals surface area contributed by atoms with Gasteiger partial charge in [0.2, 0.25) is 5.91 Å². The van der Waals surface area contributed by atoms with Gasteiger partial charge in [0, 0.05) is 25.4 Å². The fraction of sp³-hybridized carbons (Fsp3) is 0.214. The number of aromatic nitrogens is 2. The third-order valence-corrected chi connectivity index (χ3v) is 10.6. The number of hydrogen-bond donors (Lipinski definition) is 1. The molecule has 9 nitrogen and oxygen atoms in total. The van der Waals surface area contributed by atoms with E-state index in [0.29, 0.717) is 28.4 Å². The van der Waals surface area contributed by atoms with Crippen LogP contribution in [0.25, 0.3) is 20.4 Å². The summed E-state index contributed by atoms with van der Waals surface area (Å²) < 4.78 is 9.10. The lowest BCUT2D eigenvalue weighted by Crippen LogP contribution is -2.32. The van der Waals surface area contributed by atoms with Crippen molar-refractivity contribution >= 4 is 90.1 Å². The van der Waals surface area contributed by atoms with Gasteiger partial charge < -0.3 is 10.1 Å². The molecular weight excluding hydrogens is 599 g/mol. The van der Waals surface area contributed by atoms with Crippen LogP contribution in [-0.2, 0) is 9.53 Å². The molecule has 2 aromatic heterocycles. The number of thioether (sulfide) groups is 1. The Labute approximate surface area is 251 Å². The van der Waals surface area contributed by atoms with Gasteiger partial charge in [0.05, 0.1) is 47.8 Å². The van der Waals surface area contributed by atoms with Gasteiger partial charge in [-0.2, -0.15) is 0 Å². The summed E-state index contributed by atoms with van der Waals surface area (Å²) in [6.45, 7) is 1.32. The highest BCUT2D eigenvalue weighted by Crippen LogP contribution is 2.39. The second kappa shape index (κ2) is 12.7. The van der Waals surface area contributed by atoms with Crippen molar-refractivity contribution in [3.8, 4) is 0 Å². The van der Waals surface area contributed by atoms with Crippen molar-refractivity contribution in [3.63, 3.8) is 0 Å². The summed E-state index contributed by atoms with van der Waals surface area (Å²) in [5.41, 5.74) is 3.06. The maximum Gasteiger partial charge on any atom is 0.283 e. The van der Waals surface area contributed by atoms with Gasteiger partial charge in [0.25, 0.3) is 5.69 Å². The monoisotopic (exact) mass is 621 g/mol. The van der Waals surface area contributed by atoms with E-state index in [1.54, 1.807) is 12.3 Å². The first-order valence-electron chi connectivity index (χ1n) is 12.8. The van der Waals surface area contributed by atoms with Gasteiger partial charge in [0.15, 0.2) is 8.68 Å². The van der Waals surface area contributed by atoms with Crippen LogP contribution in [0, 0.1) is 10.1 Å². The molecule has 0 radical (unpaired) electrons. The number of carbonyl (C=O) groups excluding carboxylic acids is 1. The highest BCUT2D eigenvalue weighted by Gasteiger charge is 2.18. The molecule has 1 N–H and O–H groups in total. The number of nitro groups is 1. The van der Waals surface area contributed by atoms with E-state index < -0.39 is 0 Å². The van der Waals surface area contributed by atoms with Crippen LogP contribution in [0.3, 0.4) is 0 Å². The van der Waals surface area contributed by atoms with Crippen LogP contribution in [0.1, 0.15) is 18.4 Å². The Balaban J connectivity index is 1.11. The van der Waals surface area contributed by atoms with E-state index in [1.165, 1.54) is 52.3 Å². The van der Waals surface area contributed by atoms with E-state index in [2.05, 4.69) is 20.3 Å². The molecule has 0 bridgehead atoms. The number of thiazole rings is 2. The van der Waals surface area contributed by atoms with Gasteiger partial charge in [-0.05, 0) is 54.8 Å². The summed E-state index contributed by atoms with van der Waals surface area (Å²) in [6, 6.07) is 18.5. The summed E-state index contributed by atoms with van der Waals surface area (Å²) in [7, 11) is 0. The summed E-state index contributed by atoms with van der Waals surface area (Å²) >= 11 is 5.71. The Kier molecular flexibility index (Phi) is 8.58. The van der Waals surface area contributed by atoms with Crippen molar-refractivity contribution < 1.29 is 14.5 Å². The molecule has 6 rings (SSSR count). The second-order valence-corrected chi connectivity index (χ2v) is 13.7. The molecule has 3 aromatic carbocycles. The largest absolute Gasteiger partial charge is 0.376 e. The van der Waals surface area contributed by atoms with E-state index in [9.17, 15) is 14.9 Å². The molecule has 1 saturated heterocycles. The number of nitro benzene ring substituents is 1. The van der Waals surface area contributed by atoms with Crippen molar-refractivity contribution in [1.29, 1.82) is 0 Å². The van der Waals surface area contributed by atoms with Gasteiger partial charge in [-0.1, -0.05) is 41.7 Å². The molecule has 208 valence electrons. The molecule has 1 amide bonds. The van der Waals surface area contributed by atoms with Crippen LogP contribution in [0.2, 0.25) is 0 Å². The number of carbonyl (C=O) groups is 1. The number of aliphatic imine (C=N–C) groups is 1. The summed E-state index contributed by atoms with van der Waals surface area (Å²) in [5.74, 6) is 0.262. The molecule has 1 aliphatic rings. The fourth-order valence-electron chi connectivity index (χ4n) is 4.23. The van der Waals surface area contributed by atoms with E-state index in [1.807, 2.05) is 48.5 Å². The van der Waals surface area contributed by atoms with Crippen LogP contribution in [0.4, 0.5) is 11.4 Å². The standard InChI is InChI=1S/C28H23N5O4S4/c34-26(30-15-19-4-3-11-37-19)16-38-27-31-21-9-8-18(13-25(21)41-27)29-14-17-7-10-24(22(12-17)33(35)36)40-28-32-20-5-1-2-6-23(20)39-28/h1-2,5-10,12-14,19H,3-4,11,15-16H2,(H,30,34)/t19-/m0/s1. The smallest absolute Gasteiger partial charge is 0.283 e. The average molecular weight is 622 g/mol. The molecule has 0 aliphatic carbocycles. The number of benzene rings is 3. The summed E-state index contributed by atoms with van der Waals surface area (Å²) in [5, 5.41) is 14.8. The van der Waals surface area contributed by atoms with Gasteiger partial charge in [0.1, 0.15) is 0 Å². The first-order valence-corrected chi connectivity index (χ1v) is 16.2. The highest BCUT2D eigenvalue weighted by atomic mass is 32.2. The zero-order valence-electron chi connectivity index (χ0n) is 21.5. The number of nitrogens with zero attached hydrogens (tertiary/aromatic N) is 4. The topological polar surface area (TPSA) is 120 Å². The van der Waals surface area contributed by atoms with Crippen molar-refractivity contribution in [3.05, 3.63) is 76.3 Å². The molecule has 13 heteroatoms. The first kappa shape index (κ1) is 27.8. The van der Waals surface area contributed by atoms with Crippen LogP contribution < -0.4 is 5.32 Å². The SMILES string of the molecule is O=C(CSc1nc2ccc(N=Cc3ccc(Sc4nc5ccccc5s4)c([N+](=O)[O-])c3)cc2s1)NC[C@@H]1CCCO1. The lowest BCUT2D eigenvalue weighted by molar-refractivity contribution is -0.387. The third-order valence-electron chi connectivity index (χ3n) is 6.24. The van der Waals surface area contributed by atoms with E-state index in [-0.39, 0.29) is 22.6 Å². The quantitative estimate of drug-likeness (QED) is 0.0759. The van der Waals surface area contributed by atoms with E-state index >= 15 is 0 Å². The molecule has 1 atom stereocenters. The number of rotatable bonds is 10. The fourth-order valence-corrected chi connectivity index (χ4v) is 8.27. The number of fused-ring (bicyclic) bond motifs is 2. The number of amides is 1. The van der Waals surface area contributed by atoms with E-state index in [0.717, 1.165) is 48.6 Å². The molecule has 3 heterocycles. The zero-order valence-corrected chi connectivity index (χ0v) is 24.8. The minimum absolute atomic E-state index is 0.0117. The average Bonchev–Trinajstić information content (AvgIpc) is 3.73. The Morgan fingerprint density at radius 3 is 2.76 bits per heavy atom. The molecule has 41 heavy (non-hydrogen) atoms. The maximum atomic E-state index is 12.2. The van der Waals surface area contributed by atoms with E-state index in [4.69, 9.17) is 4.74 Å². The van der Waals surface area contributed by atoms with Gasteiger partial charge in [-0.3, -0.25) is 19.9 Å². The maximum absolute atomic E-state index is 12.2. The van der Waals surface area contributed by atoms with Gasteiger partial charge in [-0.15, -0.1) is 22.7 Å². The predicted molar refractivity (Wildman–Crippen MR) is 166 cm³/mol. The Morgan fingerprint density at radius 2 is 1.93 bits per heavy atom. The molecular formula is C28H23N5O4S4. The zero-order chi connectivity index (χ0) is 28.2. The second-order valence-electron chi connectivity index (χ2n) is 9.15. The Bertz CT molecular complexity index is 1730. The molecule has 0 saturated carbocycles. The van der Waals surface area contributed by atoms with Crippen molar-refractivity contribution in [2.75, 3.05) is 18.9 Å². The minimum Gasteiger partial charge on any atom is -0.376 e. The molecule has 0 unspecified atom stereocenters. The Hall–Kier alpha value is -3.36. The van der Waals surface area contributed by atoms with Crippen LogP contribution in [0.5, 0.6) is 0 Å². The van der Waals surface area contributed by atoms with Crippen LogP contribution >= 0.6 is 46.2 Å². The normalized spacial score (nSPS) is 15.3. The van der Waals surface area contributed by atoms with Crippen molar-refractivity contribution in [1.82, 2.24) is 15.3 Å². The van der Waals surface area contributed by atoms with Gasteiger partial charge >= 0.3 is 0 Å². The third kappa shape index (κ3) is 6.93. The van der Waals surface area contributed by atoms with Gasteiger partial charge in [-0.25, -0.2) is 9.97 Å². The highest BCUT2D eigenvalue weighted by molar-refractivity contribution is 8.01. The number of para-hydroxylation sites is 1. The molecule has 1 aliphatic heterocycles. The molecule has 1 fully saturated rings. The number of nitrogens with one attached hydrogen (secondary N) is 1. The molecule has 5 aromatic rings. The van der Waals surface area contributed by atoms with Crippen molar-refractivity contribution in [2.45, 2.75) is 32.5 Å². The summed E-state index contributed by atoms with van der Waals surface area (Å²) in [4.78, 5) is 37.9. The summed E-state index contributed by atoms with van der Waals surface area (Å²) in [6.07, 6.45) is 3.78. The lowest BCUT2D eigenvalue weighted by atomic mass is 10.2.